The quantitative estimate of drug-likeness (QED) is 0.381. The number of carbonyl (C=O) groups is 1. The molecule has 1 unspecified atom stereocenters. The van der Waals surface area contributed by atoms with Gasteiger partial charge in [0.15, 0.2) is 0 Å². The van der Waals surface area contributed by atoms with Crippen molar-refractivity contribution in [3.63, 3.8) is 0 Å². The third-order valence-corrected chi connectivity index (χ3v) is 4.00. The predicted octanol–water partition coefficient (Wildman–Crippen LogP) is 0.926. The van der Waals surface area contributed by atoms with Crippen LogP contribution in [0, 0.1) is 5.92 Å². The lowest BCUT2D eigenvalue weighted by molar-refractivity contribution is -0.148. The largest absolute Gasteiger partial charge is 0.495 e. The van der Waals surface area contributed by atoms with Crippen LogP contribution in [0.1, 0.15) is 33.1 Å². The molecule has 16 heavy (non-hydrogen) atoms. The van der Waals surface area contributed by atoms with Gasteiger partial charge in [0.2, 0.25) is 0 Å². The third-order valence-electron chi connectivity index (χ3n) is 2.34. The summed E-state index contributed by atoms with van der Waals surface area (Å²) >= 11 is 0. The molecule has 1 atom stereocenters. The van der Waals surface area contributed by atoms with E-state index in [0.717, 1.165) is 12.8 Å². The van der Waals surface area contributed by atoms with Crippen LogP contribution in [0.4, 0.5) is 0 Å². The molecular weight excluding hydrogens is 228 g/mol. The zero-order chi connectivity index (χ0) is 12.6. The van der Waals surface area contributed by atoms with Crippen LogP contribution in [0.5, 0.6) is 0 Å². The van der Waals surface area contributed by atoms with E-state index in [2.05, 4.69) is 4.43 Å². The molecule has 0 spiro atoms. The molecule has 0 aromatic carbocycles. The summed E-state index contributed by atoms with van der Waals surface area (Å²) in [5.74, 6) is -0.305. The second-order valence-corrected chi connectivity index (χ2v) is 6.30. The van der Waals surface area contributed by atoms with Gasteiger partial charge in [0.25, 0.3) is 0 Å². The van der Waals surface area contributed by atoms with Crippen LogP contribution in [-0.2, 0) is 14.0 Å². The van der Waals surface area contributed by atoms with Crippen LogP contribution in [-0.4, -0.2) is 38.1 Å². The number of rotatable bonds is 8. The van der Waals surface area contributed by atoms with Gasteiger partial charge in [-0.2, -0.15) is 0 Å². The van der Waals surface area contributed by atoms with Gasteiger partial charge in [0, 0.05) is 13.2 Å². The topological polar surface area (TPSA) is 76.0 Å². The lowest BCUT2D eigenvalue weighted by atomic mass is 10.1. The van der Waals surface area contributed by atoms with Crippen molar-refractivity contribution in [2.45, 2.75) is 39.2 Å². The summed E-state index contributed by atoms with van der Waals surface area (Å²) in [6, 6.07) is 0.152. The van der Waals surface area contributed by atoms with Crippen LogP contribution in [0.25, 0.3) is 0 Å². The maximum absolute atomic E-state index is 11.4. The highest BCUT2D eigenvalue weighted by molar-refractivity contribution is 6.57. The molecule has 0 aromatic rings. The van der Waals surface area contributed by atoms with Gasteiger partial charge in [0.1, 0.15) is 0 Å². The van der Waals surface area contributed by atoms with Crippen molar-refractivity contribution in [1.29, 1.82) is 0 Å². The summed E-state index contributed by atoms with van der Waals surface area (Å²) in [5.41, 5.74) is 0. The van der Waals surface area contributed by atoms with Gasteiger partial charge in [-0.25, -0.2) is 0 Å². The third kappa shape index (κ3) is 6.94. The fraction of sp³-hybridized carbons (Fsp3) is 0.900. The predicted molar refractivity (Wildman–Crippen MR) is 61.7 cm³/mol. The van der Waals surface area contributed by atoms with Gasteiger partial charge in [-0.3, -0.25) is 4.79 Å². The average molecular weight is 250 g/mol. The maximum Gasteiger partial charge on any atom is 0.495 e. The van der Waals surface area contributed by atoms with E-state index >= 15 is 0 Å². The molecule has 0 aliphatic rings. The van der Waals surface area contributed by atoms with Crippen molar-refractivity contribution in [1.82, 2.24) is 0 Å². The van der Waals surface area contributed by atoms with Gasteiger partial charge in [-0.05, 0) is 12.8 Å². The van der Waals surface area contributed by atoms with Crippen LogP contribution < -0.4 is 0 Å². The van der Waals surface area contributed by atoms with Crippen LogP contribution >= 0.6 is 0 Å². The van der Waals surface area contributed by atoms with Gasteiger partial charge in [0.05, 0.1) is 12.5 Å². The smallest absolute Gasteiger partial charge is 0.465 e. The molecule has 0 aliphatic heterocycles. The average Bonchev–Trinajstić information content (AvgIpc) is 2.24. The first kappa shape index (κ1) is 15.6. The normalized spacial score (nSPS) is 13.6. The minimum atomic E-state index is -3.48. The Labute approximate surface area is 97.8 Å². The molecule has 0 aliphatic carbocycles. The SMILES string of the molecule is CCCC(C)C(=O)OCCC[Si](O)(O)OC. The Hall–Kier alpha value is -0.433. The van der Waals surface area contributed by atoms with Crippen molar-refractivity contribution < 1.29 is 23.5 Å². The Morgan fingerprint density at radius 1 is 1.44 bits per heavy atom. The van der Waals surface area contributed by atoms with Crippen molar-refractivity contribution >= 4 is 14.8 Å². The monoisotopic (exact) mass is 250 g/mol. The summed E-state index contributed by atoms with van der Waals surface area (Å²) in [6.07, 6.45) is 2.18. The first-order chi connectivity index (χ1) is 7.43. The zero-order valence-electron chi connectivity index (χ0n) is 10.2. The number of hydrogen-bond donors (Lipinski definition) is 2. The van der Waals surface area contributed by atoms with Crippen molar-refractivity contribution in [3.05, 3.63) is 0 Å². The van der Waals surface area contributed by atoms with Crippen molar-refractivity contribution in [2.24, 2.45) is 5.92 Å². The van der Waals surface area contributed by atoms with Gasteiger partial charge in [-0.1, -0.05) is 20.3 Å². The van der Waals surface area contributed by atoms with E-state index in [-0.39, 0.29) is 24.5 Å². The minimum Gasteiger partial charge on any atom is -0.465 e. The van der Waals surface area contributed by atoms with E-state index in [4.69, 9.17) is 4.74 Å². The molecule has 0 aromatic heterocycles. The van der Waals surface area contributed by atoms with E-state index in [9.17, 15) is 14.4 Å². The second kappa shape index (κ2) is 7.78. The second-order valence-electron chi connectivity index (χ2n) is 3.91. The first-order valence-electron chi connectivity index (χ1n) is 5.59. The molecule has 0 saturated heterocycles. The number of hydrogen-bond acceptors (Lipinski definition) is 5. The van der Waals surface area contributed by atoms with E-state index in [1.807, 2.05) is 13.8 Å². The summed E-state index contributed by atoms with van der Waals surface area (Å²) in [6.45, 7) is 4.06. The van der Waals surface area contributed by atoms with E-state index in [1.165, 1.54) is 7.11 Å². The van der Waals surface area contributed by atoms with Crippen LogP contribution in [0.2, 0.25) is 6.04 Å². The van der Waals surface area contributed by atoms with Crippen LogP contribution in [0.15, 0.2) is 0 Å². The molecule has 0 radical (unpaired) electrons. The molecule has 0 fully saturated rings. The summed E-state index contributed by atoms with van der Waals surface area (Å²) in [7, 11) is -2.22. The highest BCUT2D eigenvalue weighted by atomic mass is 28.4. The highest BCUT2D eigenvalue weighted by Crippen LogP contribution is 2.09. The standard InChI is InChI=1S/C10H22O5Si/c1-4-6-9(2)10(11)15-7-5-8-16(12,13)14-3/h9,12-13H,4-8H2,1-3H3. The molecule has 0 amide bonds. The Morgan fingerprint density at radius 2 is 2.06 bits per heavy atom. The molecule has 0 heterocycles. The summed E-state index contributed by atoms with van der Waals surface area (Å²) in [5, 5.41) is 0. The van der Waals surface area contributed by atoms with Gasteiger partial charge < -0.3 is 18.8 Å². The van der Waals surface area contributed by atoms with E-state index < -0.39 is 8.80 Å². The van der Waals surface area contributed by atoms with Crippen LogP contribution in [0.3, 0.4) is 0 Å². The van der Waals surface area contributed by atoms with Gasteiger partial charge >= 0.3 is 14.8 Å². The highest BCUT2D eigenvalue weighted by Gasteiger charge is 2.29. The Bertz CT molecular complexity index is 207. The molecule has 2 N–H and O–H groups in total. The summed E-state index contributed by atoms with van der Waals surface area (Å²) < 4.78 is 9.54. The maximum atomic E-state index is 11.4. The van der Waals surface area contributed by atoms with E-state index in [0.29, 0.717) is 6.42 Å². The lowest BCUT2D eigenvalue weighted by Crippen LogP contribution is -2.37. The zero-order valence-corrected chi connectivity index (χ0v) is 11.2. The van der Waals surface area contributed by atoms with E-state index in [1.54, 1.807) is 0 Å². The van der Waals surface area contributed by atoms with Crippen molar-refractivity contribution in [2.75, 3.05) is 13.7 Å². The number of carbonyl (C=O) groups excluding carboxylic acids is 1. The Balaban J connectivity index is 3.63. The molecule has 0 bridgehead atoms. The molecule has 5 nitrogen and oxygen atoms in total. The molecule has 0 rings (SSSR count). The first-order valence-corrected chi connectivity index (χ1v) is 7.60. The summed E-state index contributed by atoms with van der Waals surface area (Å²) in [4.78, 5) is 29.8. The Kier molecular flexibility index (Phi) is 7.57. The minimum absolute atomic E-state index is 0.0855. The molecular formula is C10H22O5Si. The molecule has 96 valence electrons. The molecule has 0 saturated carbocycles. The fourth-order valence-corrected chi connectivity index (χ4v) is 2.08. The fourth-order valence-electron chi connectivity index (χ4n) is 1.27. The lowest BCUT2D eigenvalue weighted by Gasteiger charge is -2.15. The number of ether oxygens (including phenoxy) is 1. The number of esters is 1. The Morgan fingerprint density at radius 3 is 2.56 bits per heavy atom. The van der Waals surface area contributed by atoms with Crippen molar-refractivity contribution in [3.8, 4) is 0 Å². The molecule has 6 heteroatoms. The van der Waals surface area contributed by atoms with Gasteiger partial charge in [-0.15, -0.1) is 0 Å².